The maximum atomic E-state index is 11.9. The molecule has 20 heavy (non-hydrogen) atoms. The van der Waals surface area contributed by atoms with Crippen LogP contribution in [0.4, 0.5) is 0 Å². The topological polar surface area (TPSA) is 89.7 Å². The first kappa shape index (κ1) is 16.5. The van der Waals surface area contributed by atoms with E-state index in [1.165, 1.54) is 19.2 Å². The lowest BCUT2D eigenvalue weighted by Gasteiger charge is -2.16. The highest BCUT2D eigenvalue weighted by atomic mass is 32.2. The number of nitrogens with two attached hydrogens (primary N) is 1. The first-order valence-electron chi connectivity index (χ1n) is 6.23. The molecule has 0 aliphatic heterocycles. The summed E-state index contributed by atoms with van der Waals surface area (Å²) in [6.07, 6.45) is 0.996. The zero-order chi connectivity index (χ0) is 15.3. The van der Waals surface area contributed by atoms with Crippen LogP contribution in [0.5, 0.6) is 5.75 Å². The molecule has 112 valence electrons. The molecule has 1 amide bonds. The molecule has 0 fully saturated rings. The first-order valence-corrected chi connectivity index (χ1v) is 7.78. The van der Waals surface area contributed by atoms with E-state index >= 15 is 0 Å². The van der Waals surface area contributed by atoms with E-state index < -0.39 is 10.0 Å². The quantitative estimate of drug-likeness (QED) is 0.839. The largest absolute Gasteiger partial charge is 0.495 e. The van der Waals surface area contributed by atoms with Crippen LogP contribution in [0, 0.1) is 0 Å². The molecule has 0 unspecified atom stereocenters. The second kappa shape index (κ2) is 6.71. The fourth-order valence-electron chi connectivity index (χ4n) is 1.82. The number of primary sulfonamides is 1. The summed E-state index contributed by atoms with van der Waals surface area (Å²) < 4.78 is 27.9. The predicted molar refractivity (Wildman–Crippen MR) is 76.0 cm³/mol. The van der Waals surface area contributed by atoms with Gasteiger partial charge in [0, 0.05) is 13.6 Å². The van der Waals surface area contributed by atoms with Crippen molar-refractivity contribution in [3.8, 4) is 5.75 Å². The summed E-state index contributed by atoms with van der Waals surface area (Å²) in [7, 11) is -0.801. The summed E-state index contributed by atoms with van der Waals surface area (Å²) in [5.74, 6) is 0.1000. The van der Waals surface area contributed by atoms with Crippen molar-refractivity contribution in [3.05, 3.63) is 23.8 Å². The van der Waals surface area contributed by atoms with Gasteiger partial charge < -0.3 is 9.64 Å². The third-order valence-corrected chi connectivity index (χ3v) is 3.81. The van der Waals surface area contributed by atoms with Gasteiger partial charge >= 0.3 is 0 Å². The smallest absolute Gasteiger partial charge is 0.241 e. The van der Waals surface area contributed by atoms with Crippen molar-refractivity contribution in [3.63, 3.8) is 0 Å². The van der Waals surface area contributed by atoms with Crippen LogP contribution in [0.2, 0.25) is 0 Å². The molecule has 0 spiro atoms. The SMILES string of the molecule is CCCN(C)C(=O)Cc1ccc(OC)c(S(N)(=O)=O)c1. The molecule has 0 aliphatic carbocycles. The number of amides is 1. The third kappa shape index (κ3) is 4.21. The van der Waals surface area contributed by atoms with E-state index in [-0.39, 0.29) is 23.0 Å². The van der Waals surface area contributed by atoms with Crippen LogP contribution >= 0.6 is 0 Å². The van der Waals surface area contributed by atoms with E-state index in [4.69, 9.17) is 9.88 Å². The van der Waals surface area contributed by atoms with Gasteiger partial charge in [0.1, 0.15) is 10.6 Å². The minimum atomic E-state index is -3.88. The second-order valence-electron chi connectivity index (χ2n) is 4.52. The maximum Gasteiger partial charge on any atom is 0.241 e. The Morgan fingerprint density at radius 2 is 2.05 bits per heavy atom. The van der Waals surface area contributed by atoms with Gasteiger partial charge in [0.15, 0.2) is 0 Å². The monoisotopic (exact) mass is 300 g/mol. The van der Waals surface area contributed by atoms with Crippen molar-refractivity contribution in [2.75, 3.05) is 20.7 Å². The molecular weight excluding hydrogens is 280 g/mol. The minimum absolute atomic E-state index is 0.0719. The van der Waals surface area contributed by atoms with Gasteiger partial charge in [-0.05, 0) is 24.1 Å². The number of benzene rings is 1. The standard InChI is InChI=1S/C13H20N2O4S/c1-4-7-15(2)13(16)9-10-5-6-11(19-3)12(8-10)20(14,17)18/h5-6,8H,4,7,9H2,1-3H3,(H2,14,17,18). The number of sulfonamides is 1. The number of nitrogens with zero attached hydrogens (tertiary/aromatic N) is 1. The van der Waals surface area contributed by atoms with Crippen LogP contribution in [0.1, 0.15) is 18.9 Å². The average molecular weight is 300 g/mol. The van der Waals surface area contributed by atoms with Crippen molar-refractivity contribution in [2.24, 2.45) is 5.14 Å². The second-order valence-corrected chi connectivity index (χ2v) is 6.05. The Labute approximate surface area is 119 Å². The summed E-state index contributed by atoms with van der Waals surface area (Å²) in [5.41, 5.74) is 0.586. The average Bonchev–Trinajstić information content (AvgIpc) is 2.37. The van der Waals surface area contributed by atoms with Gasteiger partial charge in [-0.2, -0.15) is 0 Å². The van der Waals surface area contributed by atoms with E-state index in [1.54, 1.807) is 18.0 Å². The Kier molecular flexibility index (Phi) is 5.52. The van der Waals surface area contributed by atoms with Crippen LogP contribution in [0.15, 0.2) is 23.1 Å². The molecule has 1 aromatic carbocycles. The number of rotatable bonds is 6. The highest BCUT2D eigenvalue weighted by Crippen LogP contribution is 2.24. The lowest BCUT2D eigenvalue weighted by Crippen LogP contribution is -2.28. The van der Waals surface area contributed by atoms with Gasteiger partial charge in [-0.3, -0.25) is 4.79 Å². The van der Waals surface area contributed by atoms with E-state index in [9.17, 15) is 13.2 Å². The van der Waals surface area contributed by atoms with Gasteiger partial charge in [0.2, 0.25) is 15.9 Å². The van der Waals surface area contributed by atoms with E-state index in [2.05, 4.69) is 0 Å². The number of hydrogen-bond acceptors (Lipinski definition) is 4. The highest BCUT2D eigenvalue weighted by molar-refractivity contribution is 7.89. The van der Waals surface area contributed by atoms with E-state index in [1.807, 2.05) is 6.92 Å². The Balaban J connectivity index is 3.02. The molecule has 0 aliphatic rings. The molecule has 0 heterocycles. The summed E-state index contributed by atoms with van der Waals surface area (Å²) in [6.45, 7) is 2.65. The molecule has 0 atom stereocenters. The molecule has 0 aromatic heterocycles. The number of likely N-dealkylation sites (N-methyl/N-ethyl adjacent to an activating group) is 1. The summed E-state index contributed by atoms with van der Waals surface area (Å²) in [6, 6.07) is 4.54. The number of carbonyl (C=O) groups excluding carboxylic acids is 1. The minimum Gasteiger partial charge on any atom is -0.495 e. The van der Waals surface area contributed by atoms with Crippen molar-refractivity contribution >= 4 is 15.9 Å². The first-order chi connectivity index (χ1) is 9.29. The van der Waals surface area contributed by atoms with Crippen molar-refractivity contribution in [2.45, 2.75) is 24.7 Å². The molecule has 2 N–H and O–H groups in total. The van der Waals surface area contributed by atoms with Crippen LogP contribution in [0.25, 0.3) is 0 Å². The van der Waals surface area contributed by atoms with Gasteiger partial charge in [0.25, 0.3) is 0 Å². The van der Waals surface area contributed by atoms with Crippen molar-refractivity contribution in [1.29, 1.82) is 0 Å². The van der Waals surface area contributed by atoms with E-state index in [0.717, 1.165) is 6.42 Å². The Morgan fingerprint density at radius 1 is 1.40 bits per heavy atom. The van der Waals surface area contributed by atoms with Crippen LogP contribution in [-0.4, -0.2) is 39.9 Å². The summed E-state index contributed by atoms with van der Waals surface area (Å²) >= 11 is 0. The van der Waals surface area contributed by atoms with Gasteiger partial charge in [-0.1, -0.05) is 13.0 Å². The zero-order valence-electron chi connectivity index (χ0n) is 11.9. The maximum absolute atomic E-state index is 11.9. The van der Waals surface area contributed by atoms with Crippen LogP contribution < -0.4 is 9.88 Å². The third-order valence-electron chi connectivity index (χ3n) is 2.87. The zero-order valence-corrected chi connectivity index (χ0v) is 12.7. The summed E-state index contributed by atoms with van der Waals surface area (Å²) in [5, 5.41) is 5.14. The molecule has 0 saturated heterocycles. The lowest BCUT2D eigenvalue weighted by atomic mass is 10.1. The number of hydrogen-bond donors (Lipinski definition) is 1. The number of methoxy groups -OCH3 is 1. The van der Waals surface area contributed by atoms with Gasteiger partial charge in [-0.25, -0.2) is 13.6 Å². The molecule has 1 aromatic rings. The van der Waals surface area contributed by atoms with Gasteiger partial charge in [-0.15, -0.1) is 0 Å². The molecule has 0 bridgehead atoms. The molecule has 6 nitrogen and oxygen atoms in total. The Morgan fingerprint density at radius 3 is 2.55 bits per heavy atom. The highest BCUT2D eigenvalue weighted by Gasteiger charge is 2.17. The van der Waals surface area contributed by atoms with Crippen LogP contribution in [0.3, 0.4) is 0 Å². The Bertz CT molecular complexity index is 584. The molecule has 0 radical (unpaired) electrons. The van der Waals surface area contributed by atoms with Crippen molar-refractivity contribution in [1.82, 2.24) is 4.90 Å². The normalized spacial score (nSPS) is 11.2. The molecule has 0 saturated carbocycles. The number of carbonyl (C=O) groups is 1. The van der Waals surface area contributed by atoms with Crippen LogP contribution in [-0.2, 0) is 21.2 Å². The fourth-order valence-corrected chi connectivity index (χ4v) is 2.57. The summed E-state index contributed by atoms with van der Waals surface area (Å²) in [4.78, 5) is 13.4. The van der Waals surface area contributed by atoms with Gasteiger partial charge in [0.05, 0.1) is 13.5 Å². The molecule has 7 heteroatoms. The van der Waals surface area contributed by atoms with E-state index in [0.29, 0.717) is 12.1 Å². The predicted octanol–water partition coefficient (Wildman–Crippen LogP) is 0.754. The fraction of sp³-hybridized carbons (Fsp3) is 0.462. The lowest BCUT2D eigenvalue weighted by molar-refractivity contribution is -0.129. The molecule has 1 rings (SSSR count). The Hall–Kier alpha value is -1.60. The number of ether oxygens (including phenoxy) is 1. The van der Waals surface area contributed by atoms with Crippen molar-refractivity contribution < 1.29 is 17.9 Å². The molecular formula is C13H20N2O4S.